The highest BCUT2D eigenvalue weighted by Gasteiger charge is 2.08. The van der Waals surface area contributed by atoms with Crippen molar-refractivity contribution in [3.8, 4) is 0 Å². The van der Waals surface area contributed by atoms with E-state index in [0.29, 0.717) is 5.69 Å². The van der Waals surface area contributed by atoms with E-state index >= 15 is 0 Å². The van der Waals surface area contributed by atoms with Crippen LogP contribution < -0.4 is 17.0 Å². The molecule has 0 aliphatic carbocycles. The molecular weight excluding hydrogens is 282 g/mol. The summed E-state index contributed by atoms with van der Waals surface area (Å²) in [6, 6.07) is 5.05. The zero-order chi connectivity index (χ0) is 13.8. The van der Waals surface area contributed by atoms with Gasteiger partial charge in [0.1, 0.15) is 0 Å². The molecule has 0 aromatic heterocycles. The van der Waals surface area contributed by atoms with E-state index in [0.717, 1.165) is 0 Å². The Labute approximate surface area is 108 Å². The van der Waals surface area contributed by atoms with Crippen molar-refractivity contribution in [1.82, 2.24) is 5.43 Å². The van der Waals surface area contributed by atoms with E-state index in [1.807, 2.05) is 0 Å². The summed E-state index contributed by atoms with van der Waals surface area (Å²) in [7, 11) is -4.23. The Morgan fingerprint density at radius 3 is 2.28 bits per heavy atom. The molecule has 1 aromatic carbocycles. The smallest absolute Gasteiger partial charge is 0.294 e. The summed E-state index contributed by atoms with van der Waals surface area (Å²) in [5.74, 6) is 5.08. The van der Waals surface area contributed by atoms with Crippen LogP contribution in [-0.4, -0.2) is 24.2 Å². The highest BCUT2D eigenvalue weighted by molar-refractivity contribution is 7.85. The zero-order valence-corrected chi connectivity index (χ0v) is 10.5. The molecular formula is C8H10ClN5O3S. The summed E-state index contributed by atoms with van der Waals surface area (Å²) in [5, 5.41) is -0.263. The molecule has 0 saturated carbocycles. The maximum Gasteiger partial charge on any atom is 0.294 e. The SMILES string of the molecule is NNC(N=C(N)Cl)=Nc1ccc(S(=O)(=O)O)cc1. The third-order valence-corrected chi connectivity index (χ3v) is 2.66. The molecule has 0 atom stereocenters. The van der Waals surface area contributed by atoms with Gasteiger partial charge < -0.3 is 5.73 Å². The predicted molar refractivity (Wildman–Crippen MR) is 68.2 cm³/mol. The van der Waals surface area contributed by atoms with Crippen LogP contribution in [0.15, 0.2) is 39.1 Å². The van der Waals surface area contributed by atoms with Gasteiger partial charge in [0.05, 0.1) is 10.6 Å². The number of hydrogen-bond donors (Lipinski definition) is 4. The molecule has 1 aromatic rings. The van der Waals surface area contributed by atoms with Crippen LogP contribution in [0.4, 0.5) is 5.69 Å². The van der Waals surface area contributed by atoms with Crippen molar-refractivity contribution in [3.05, 3.63) is 24.3 Å². The van der Waals surface area contributed by atoms with Crippen LogP contribution in [0.3, 0.4) is 0 Å². The highest BCUT2D eigenvalue weighted by atomic mass is 35.5. The molecule has 0 saturated heterocycles. The van der Waals surface area contributed by atoms with Crippen LogP contribution in [0.1, 0.15) is 0 Å². The molecule has 10 heteroatoms. The van der Waals surface area contributed by atoms with Crippen molar-refractivity contribution in [3.63, 3.8) is 0 Å². The second-order valence-electron chi connectivity index (χ2n) is 2.98. The molecule has 0 heterocycles. The number of halogens is 1. The Kier molecular flexibility index (Phi) is 4.62. The number of nitrogens with two attached hydrogens (primary N) is 2. The predicted octanol–water partition coefficient (Wildman–Crippen LogP) is -0.0624. The number of amidine groups is 1. The van der Waals surface area contributed by atoms with E-state index < -0.39 is 10.1 Å². The zero-order valence-electron chi connectivity index (χ0n) is 8.91. The second-order valence-corrected chi connectivity index (χ2v) is 4.79. The van der Waals surface area contributed by atoms with Crippen molar-refractivity contribution in [2.24, 2.45) is 21.6 Å². The Morgan fingerprint density at radius 1 is 1.33 bits per heavy atom. The van der Waals surface area contributed by atoms with Gasteiger partial charge in [-0.05, 0) is 35.9 Å². The van der Waals surface area contributed by atoms with Crippen LogP contribution in [0.5, 0.6) is 0 Å². The van der Waals surface area contributed by atoms with Crippen LogP contribution >= 0.6 is 11.6 Å². The third kappa shape index (κ3) is 4.30. The molecule has 0 spiro atoms. The van der Waals surface area contributed by atoms with E-state index in [-0.39, 0.29) is 16.1 Å². The van der Waals surface area contributed by atoms with Crippen molar-refractivity contribution in [2.45, 2.75) is 4.90 Å². The van der Waals surface area contributed by atoms with E-state index in [1.54, 1.807) is 0 Å². The van der Waals surface area contributed by atoms with Gasteiger partial charge in [0, 0.05) is 0 Å². The number of benzene rings is 1. The summed E-state index contributed by atoms with van der Waals surface area (Å²) in [5.41, 5.74) is 7.63. The standard InChI is InChI=1S/C8H10ClN5O3S/c9-7(10)13-8(14-11)12-5-1-3-6(4-2-5)18(15,16)17/h1-4H,11H2,(H,15,16,17)(H3,10,12,13,14). The van der Waals surface area contributed by atoms with Crippen LogP contribution in [0, 0.1) is 0 Å². The minimum absolute atomic E-state index is 0.0536. The van der Waals surface area contributed by atoms with Crippen LogP contribution in [0.2, 0.25) is 0 Å². The molecule has 0 bridgehead atoms. The van der Waals surface area contributed by atoms with Gasteiger partial charge in [0.15, 0.2) is 5.29 Å². The molecule has 0 aliphatic heterocycles. The molecule has 0 radical (unpaired) electrons. The number of hydrogen-bond acceptors (Lipinski definition) is 4. The molecule has 18 heavy (non-hydrogen) atoms. The Hall–Kier alpha value is -1.68. The van der Waals surface area contributed by atoms with Gasteiger partial charge >= 0.3 is 0 Å². The number of nitrogens with zero attached hydrogens (tertiary/aromatic N) is 2. The lowest BCUT2D eigenvalue weighted by Gasteiger charge is -2.01. The Balaban J connectivity index is 3.06. The first-order chi connectivity index (χ1) is 8.32. The molecule has 0 amide bonds. The van der Waals surface area contributed by atoms with Crippen molar-refractivity contribution in [1.29, 1.82) is 0 Å². The van der Waals surface area contributed by atoms with E-state index in [1.165, 1.54) is 24.3 Å². The van der Waals surface area contributed by atoms with Crippen LogP contribution in [0.25, 0.3) is 0 Å². The molecule has 6 N–H and O–H groups in total. The van der Waals surface area contributed by atoms with Gasteiger partial charge in [0.25, 0.3) is 10.1 Å². The van der Waals surface area contributed by atoms with Crippen molar-refractivity contribution in [2.75, 3.05) is 0 Å². The number of aliphatic imine (C=N–C) groups is 2. The van der Waals surface area contributed by atoms with Gasteiger partial charge in [-0.3, -0.25) is 9.98 Å². The van der Waals surface area contributed by atoms with Crippen molar-refractivity contribution < 1.29 is 13.0 Å². The van der Waals surface area contributed by atoms with Gasteiger partial charge in [0.2, 0.25) is 5.96 Å². The molecule has 0 aliphatic rings. The van der Waals surface area contributed by atoms with E-state index in [9.17, 15) is 8.42 Å². The highest BCUT2D eigenvalue weighted by Crippen LogP contribution is 2.16. The fraction of sp³-hybridized carbons (Fsp3) is 0. The third-order valence-electron chi connectivity index (χ3n) is 1.71. The Bertz CT molecular complexity index is 577. The number of guanidine groups is 1. The number of rotatable bonds is 2. The first-order valence-electron chi connectivity index (χ1n) is 4.45. The quantitative estimate of drug-likeness (QED) is 0.150. The average molecular weight is 292 g/mol. The molecule has 0 fully saturated rings. The summed E-state index contributed by atoms with van der Waals surface area (Å²) < 4.78 is 30.4. The fourth-order valence-electron chi connectivity index (χ4n) is 1.01. The van der Waals surface area contributed by atoms with Gasteiger partial charge in [-0.15, -0.1) is 0 Å². The summed E-state index contributed by atoms with van der Waals surface area (Å²) in [6.07, 6.45) is 0. The minimum Gasteiger partial charge on any atom is -0.374 e. The fourth-order valence-corrected chi connectivity index (χ4v) is 1.57. The van der Waals surface area contributed by atoms with Gasteiger partial charge in [-0.25, -0.2) is 10.8 Å². The van der Waals surface area contributed by atoms with Gasteiger partial charge in [-0.1, -0.05) is 0 Å². The Morgan fingerprint density at radius 2 is 1.89 bits per heavy atom. The summed E-state index contributed by atoms with van der Waals surface area (Å²) in [6.45, 7) is 0. The topological polar surface area (TPSA) is 143 Å². The lowest BCUT2D eigenvalue weighted by Crippen LogP contribution is -2.29. The first kappa shape index (κ1) is 14.4. The minimum atomic E-state index is -4.23. The number of nitrogens with one attached hydrogen (secondary N) is 1. The lowest BCUT2D eigenvalue weighted by molar-refractivity contribution is 0.483. The monoisotopic (exact) mass is 291 g/mol. The second kappa shape index (κ2) is 5.78. The van der Waals surface area contributed by atoms with E-state index in [4.69, 9.17) is 27.7 Å². The van der Waals surface area contributed by atoms with E-state index in [2.05, 4.69) is 15.4 Å². The maximum atomic E-state index is 10.8. The summed E-state index contributed by atoms with van der Waals surface area (Å²) >= 11 is 5.34. The molecule has 98 valence electrons. The average Bonchev–Trinajstić information content (AvgIpc) is 2.27. The molecule has 8 nitrogen and oxygen atoms in total. The molecule has 1 rings (SSSR count). The van der Waals surface area contributed by atoms with Gasteiger partial charge in [-0.2, -0.15) is 13.4 Å². The van der Waals surface area contributed by atoms with Crippen molar-refractivity contribution >= 4 is 38.7 Å². The maximum absolute atomic E-state index is 10.8. The first-order valence-corrected chi connectivity index (χ1v) is 6.27. The summed E-state index contributed by atoms with van der Waals surface area (Å²) in [4.78, 5) is 7.21. The number of hydrazine groups is 1. The lowest BCUT2D eigenvalue weighted by atomic mass is 10.3. The normalized spacial score (nSPS) is 13.5. The molecule has 0 unspecified atom stereocenters. The van der Waals surface area contributed by atoms with Crippen LogP contribution in [-0.2, 0) is 10.1 Å². The largest absolute Gasteiger partial charge is 0.374 e.